The van der Waals surface area contributed by atoms with E-state index >= 15 is 0 Å². The first-order chi connectivity index (χ1) is 6.24. The number of hydrogen-bond acceptors (Lipinski definition) is 2. The lowest BCUT2D eigenvalue weighted by Gasteiger charge is -2.00. The summed E-state index contributed by atoms with van der Waals surface area (Å²) in [7, 11) is 0. The molecule has 0 unspecified atom stereocenters. The molecule has 0 fully saturated rings. The Morgan fingerprint density at radius 3 is 2.77 bits per heavy atom. The summed E-state index contributed by atoms with van der Waals surface area (Å²) < 4.78 is 0. The van der Waals surface area contributed by atoms with Crippen molar-refractivity contribution in [2.75, 3.05) is 0 Å². The Morgan fingerprint density at radius 1 is 1.46 bits per heavy atom. The largest absolute Gasteiger partial charge is 0.392 e. The van der Waals surface area contributed by atoms with Crippen LogP contribution in [0.25, 0.3) is 6.08 Å². The number of carbonyl (C=O) groups is 1. The van der Waals surface area contributed by atoms with Gasteiger partial charge in [0.15, 0.2) is 5.78 Å². The van der Waals surface area contributed by atoms with Crippen LogP contribution in [0.3, 0.4) is 0 Å². The topological polar surface area (TPSA) is 37.3 Å². The average Bonchev–Trinajstić information content (AvgIpc) is 2.15. The van der Waals surface area contributed by atoms with E-state index in [0.29, 0.717) is 0 Å². The maximum absolute atomic E-state index is 10.7. The van der Waals surface area contributed by atoms with E-state index in [1.54, 1.807) is 6.08 Å². The third-order valence-corrected chi connectivity index (χ3v) is 1.72. The number of aliphatic hydroxyl groups is 1. The summed E-state index contributed by atoms with van der Waals surface area (Å²) in [5, 5.41) is 8.96. The van der Waals surface area contributed by atoms with Gasteiger partial charge in [-0.05, 0) is 24.1 Å². The van der Waals surface area contributed by atoms with Gasteiger partial charge in [-0.1, -0.05) is 30.3 Å². The molecule has 0 aromatic heterocycles. The molecule has 0 spiro atoms. The van der Waals surface area contributed by atoms with E-state index in [1.807, 2.05) is 24.3 Å². The predicted octanol–water partition coefficient (Wildman–Crippen LogP) is 1.78. The SMILES string of the molecule is CC(=O)/C=C/c1ccccc1CO. The van der Waals surface area contributed by atoms with E-state index < -0.39 is 0 Å². The monoisotopic (exact) mass is 176 g/mol. The van der Waals surface area contributed by atoms with Crippen LogP contribution in [0.1, 0.15) is 18.1 Å². The van der Waals surface area contributed by atoms with Crippen molar-refractivity contribution >= 4 is 11.9 Å². The molecule has 0 aliphatic carbocycles. The Hall–Kier alpha value is -1.41. The fourth-order valence-corrected chi connectivity index (χ4v) is 1.05. The number of aliphatic hydroxyl groups excluding tert-OH is 1. The van der Waals surface area contributed by atoms with Crippen LogP contribution in [0.4, 0.5) is 0 Å². The molecule has 0 saturated heterocycles. The second-order valence-electron chi connectivity index (χ2n) is 2.80. The van der Waals surface area contributed by atoms with Crippen LogP contribution in [-0.4, -0.2) is 10.9 Å². The summed E-state index contributed by atoms with van der Waals surface area (Å²) in [5.41, 5.74) is 1.72. The first-order valence-corrected chi connectivity index (χ1v) is 4.11. The molecule has 1 aromatic carbocycles. The average molecular weight is 176 g/mol. The van der Waals surface area contributed by atoms with Crippen LogP contribution in [-0.2, 0) is 11.4 Å². The number of carbonyl (C=O) groups excluding carboxylic acids is 1. The predicted molar refractivity (Wildman–Crippen MR) is 52.1 cm³/mol. The molecule has 13 heavy (non-hydrogen) atoms. The van der Waals surface area contributed by atoms with Gasteiger partial charge in [-0.2, -0.15) is 0 Å². The minimum Gasteiger partial charge on any atom is -0.392 e. The minimum absolute atomic E-state index is 0.00157. The smallest absolute Gasteiger partial charge is 0.152 e. The third kappa shape index (κ3) is 2.84. The zero-order valence-corrected chi connectivity index (χ0v) is 7.53. The van der Waals surface area contributed by atoms with Crippen LogP contribution in [0.2, 0.25) is 0 Å². The lowest BCUT2D eigenvalue weighted by molar-refractivity contribution is -0.112. The summed E-state index contributed by atoms with van der Waals surface area (Å²) in [6.45, 7) is 1.50. The molecule has 0 saturated carbocycles. The van der Waals surface area contributed by atoms with Crippen molar-refractivity contribution in [2.24, 2.45) is 0 Å². The van der Waals surface area contributed by atoms with Crippen molar-refractivity contribution < 1.29 is 9.90 Å². The van der Waals surface area contributed by atoms with E-state index in [9.17, 15) is 4.79 Å². The molecule has 1 rings (SSSR count). The van der Waals surface area contributed by atoms with Gasteiger partial charge in [-0.25, -0.2) is 0 Å². The first kappa shape index (κ1) is 9.68. The highest BCUT2D eigenvalue weighted by Crippen LogP contribution is 2.10. The Bertz CT molecular complexity index is 327. The molecule has 1 aromatic rings. The van der Waals surface area contributed by atoms with E-state index in [4.69, 9.17) is 5.11 Å². The van der Waals surface area contributed by atoms with Gasteiger partial charge >= 0.3 is 0 Å². The van der Waals surface area contributed by atoms with Crippen molar-refractivity contribution in [3.63, 3.8) is 0 Å². The van der Waals surface area contributed by atoms with Crippen molar-refractivity contribution in [1.82, 2.24) is 0 Å². The molecule has 1 N–H and O–H groups in total. The van der Waals surface area contributed by atoms with Crippen LogP contribution in [0, 0.1) is 0 Å². The molecular weight excluding hydrogens is 164 g/mol. The quantitative estimate of drug-likeness (QED) is 0.713. The summed E-state index contributed by atoms with van der Waals surface area (Å²) in [6.07, 6.45) is 3.21. The normalized spacial score (nSPS) is 10.6. The number of ketones is 1. The van der Waals surface area contributed by atoms with Crippen molar-refractivity contribution in [1.29, 1.82) is 0 Å². The van der Waals surface area contributed by atoms with Crippen LogP contribution in [0.5, 0.6) is 0 Å². The maximum atomic E-state index is 10.7. The highest BCUT2D eigenvalue weighted by molar-refractivity contribution is 5.91. The van der Waals surface area contributed by atoms with E-state index in [1.165, 1.54) is 13.0 Å². The second kappa shape index (κ2) is 4.58. The highest BCUT2D eigenvalue weighted by atomic mass is 16.3. The molecular formula is C11H12O2. The fraction of sp³-hybridized carbons (Fsp3) is 0.182. The molecule has 0 radical (unpaired) electrons. The lowest BCUT2D eigenvalue weighted by atomic mass is 10.1. The fourth-order valence-electron chi connectivity index (χ4n) is 1.05. The maximum Gasteiger partial charge on any atom is 0.152 e. The number of allylic oxidation sites excluding steroid dienone is 1. The molecule has 2 nitrogen and oxygen atoms in total. The van der Waals surface area contributed by atoms with E-state index in [-0.39, 0.29) is 12.4 Å². The van der Waals surface area contributed by atoms with Crippen molar-refractivity contribution in [3.05, 3.63) is 41.5 Å². The van der Waals surface area contributed by atoms with Gasteiger partial charge in [0.1, 0.15) is 0 Å². The summed E-state index contributed by atoms with van der Waals surface area (Å²) in [5.74, 6) is 0.00717. The van der Waals surface area contributed by atoms with Crippen molar-refractivity contribution in [2.45, 2.75) is 13.5 Å². The van der Waals surface area contributed by atoms with Gasteiger partial charge in [0, 0.05) is 0 Å². The van der Waals surface area contributed by atoms with Gasteiger partial charge < -0.3 is 5.11 Å². The molecule has 0 atom stereocenters. The standard InChI is InChI=1S/C11H12O2/c1-9(13)6-7-10-4-2-3-5-11(10)8-12/h2-7,12H,8H2,1H3/b7-6+. The zero-order valence-electron chi connectivity index (χ0n) is 7.53. The Kier molecular flexibility index (Phi) is 3.41. The minimum atomic E-state index is -0.00157. The summed E-state index contributed by atoms with van der Waals surface area (Å²) in [6, 6.07) is 7.43. The zero-order chi connectivity index (χ0) is 9.68. The van der Waals surface area contributed by atoms with Crippen molar-refractivity contribution in [3.8, 4) is 0 Å². The Balaban J connectivity index is 2.93. The number of benzene rings is 1. The number of hydrogen-bond donors (Lipinski definition) is 1. The van der Waals surface area contributed by atoms with E-state index in [2.05, 4.69) is 0 Å². The Morgan fingerprint density at radius 2 is 2.15 bits per heavy atom. The molecule has 0 aliphatic rings. The lowest BCUT2D eigenvalue weighted by Crippen LogP contribution is -1.88. The van der Waals surface area contributed by atoms with Crippen LogP contribution < -0.4 is 0 Å². The molecule has 2 heteroatoms. The first-order valence-electron chi connectivity index (χ1n) is 4.11. The molecule has 68 valence electrons. The summed E-state index contributed by atoms with van der Waals surface area (Å²) in [4.78, 5) is 10.7. The molecule has 0 aliphatic heterocycles. The van der Waals surface area contributed by atoms with Gasteiger partial charge in [0.05, 0.1) is 6.61 Å². The van der Waals surface area contributed by atoms with Gasteiger partial charge in [-0.3, -0.25) is 4.79 Å². The van der Waals surface area contributed by atoms with Crippen LogP contribution in [0.15, 0.2) is 30.3 Å². The Labute approximate surface area is 77.5 Å². The second-order valence-corrected chi connectivity index (χ2v) is 2.80. The van der Waals surface area contributed by atoms with Gasteiger partial charge in [0.2, 0.25) is 0 Å². The third-order valence-electron chi connectivity index (χ3n) is 1.72. The number of rotatable bonds is 3. The molecule has 0 heterocycles. The molecule has 0 bridgehead atoms. The van der Waals surface area contributed by atoms with Gasteiger partial charge in [0.25, 0.3) is 0 Å². The highest BCUT2D eigenvalue weighted by Gasteiger charge is 1.95. The van der Waals surface area contributed by atoms with E-state index in [0.717, 1.165) is 11.1 Å². The summed E-state index contributed by atoms with van der Waals surface area (Å²) >= 11 is 0. The van der Waals surface area contributed by atoms with Crippen LogP contribution >= 0.6 is 0 Å². The van der Waals surface area contributed by atoms with Gasteiger partial charge in [-0.15, -0.1) is 0 Å². The molecule has 0 amide bonds.